The monoisotopic (exact) mass is 248 g/mol. The molecule has 0 aliphatic carbocycles. The zero-order valence-corrected chi connectivity index (χ0v) is 10.8. The molecule has 0 radical (unpaired) electrons. The summed E-state index contributed by atoms with van der Waals surface area (Å²) in [5.74, 6) is 0. The first kappa shape index (κ1) is 16.2. The van der Waals surface area contributed by atoms with E-state index in [9.17, 15) is 4.79 Å². The highest BCUT2D eigenvalue weighted by Gasteiger charge is 2.12. The zero-order valence-electron chi connectivity index (χ0n) is 10.8. The van der Waals surface area contributed by atoms with E-state index < -0.39 is 6.16 Å². The topological polar surface area (TPSA) is 65.0 Å². The first-order valence-electron chi connectivity index (χ1n) is 6.17. The van der Waals surface area contributed by atoms with E-state index in [0.29, 0.717) is 19.8 Å². The molecule has 5 nitrogen and oxygen atoms in total. The molecule has 0 aromatic heterocycles. The van der Waals surface area contributed by atoms with E-state index in [-0.39, 0.29) is 6.10 Å². The van der Waals surface area contributed by atoms with Gasteiger partial charge in [0.15, 0.2) is 0 Å². The van der Waals surface area contributed by atoms with Crippen molar-refractivity contribution in [1.82, 2.24) is 0 Å². The van der Waals surface area contributed by atoms with Gasteiger partial charge in [0.2, 0.25) is 0 Å². The van der Waals surface area contributed by atoms with Crippen LogP contribution < -0.4 is 0 Å². The molecular weight excluding hydrogens is 224 g/mol. The molecule has 0 heterocycles. The summed E-state index contributed by atoms with van der Waals surface area (Å²) in [4.78, 5) is 10.5. The molecule has 1 unspecified atom stereocenters. The lowest BCUT2D eigenvalue weighted by Gasteiger charge is -2.15. The van der Waals surface area contributed by atoms with Crippen molar-refractivity contribution in [3.8, 4) is 0 Å². The predicted octanol–water partition coefficient (Wildman–Crippen LogP) is 2.68. The van der Waals surface area contributed by atoms with Crippen molar-refractivity contribution in [1.29, 1.82) is 0 Å². The van der Waals surface area contributed by atoms with E-state index in [1.807, 2.05) is 0 Å². The number of rotatable bonds is 11. The number of unbranched alkanes of at least 4 members (excludes halogenated alkanes) is 1. The average molecular weight is 248 g/mol. The summed E-state index contributed by atoms with van der Waals surface area (Å²) in [6.07, 6.45) is 2.97. The van der Waals surface area contributed by atoms with E-state index in [0.717, 1.165) is 32.1 Å². The van der Waals surface area contributed by atoms with Crippen molar-refractivity contribution in [2.24, 2.45) is 0 Å². The molecule has 1 N–H and O–H groups in total. The number of ether oxygens (including phenoxy) is 3. The first-order valence-corrected chi connectivity index (χ1v) is 6.17. The summed E-state index contributed by atoms with van der Waals surface area (Å²) in [6.45, 7) is 3.86. The Bertz CT molecular complexity index is 184. The Kier molecular flexibility index (Phi) is 11.1. The predicted molar refractivity (Wildman–Crippen MR) is 64.4 cm³/mol. The summed E-state index contributed by atoms with van der Waals surface area (Å²) in [6, 6.07) is 0. The van der Waals surface area contributed by atoms with Crippen LogP contribution in [-0.2, 0) is 14.2 Å². The molecule has 0 saturated carbocycles. The highest BCUT2D eigenvalue weighted by molar-refractivity contribution is 5.57. The number of methoxy groups -OCH3 is 1. The van der Waals surface area contributed by atoms with Crippen LogP contribution in [0.3, 0.4) is 0 Å². The maximum Gasteiger partial charge on any atom is 0.506 e. The second-order valence-electron chi connectivity index (χ2n) is 3.90. The summed E-state index contributed by atoms with van der Waals surface area (Å²) in [5.41, 5.74) is 0. The normalized spacial score (nSPS) is 12.4. The first-order chi connectivity index (χ1) is 8.20. The lowest BCUT2D eigenvalue weighted by Crippen LogP contribution is -2.17. The van der Waals surface area contributed by atoms with Crippen molar-refractivity contribution in [2.75, 3.05) is 26.9 Å². The maximum absolute atomic E-state index is 10.5. The van der Waals surface area contributed by atoms with Crippen molar-refractivity contribution in [3.63, 3.8) is 0 Å². The molecule has 0 saturated heterocycles. The quantitative estimate of drug-likeness (QED) is 0.450. The average Bonchev–Trinajstić information content (AvgIpc) is 2.29. The summed E-state index contributed by atoms with van der Waals surface area (Å²) < 4.78 is 15.0. The Morgan fingerprint density at radius 3 is 2.47 bits per heavy atom. The minimum Gasteiger partial charge on any atom is -0.450 e. The lowest BCUT2D eigenvalue weighted by atomic mass is 10.1. The van der Waals surface area contributed by atoms with Crippen LogP contribution in [0.25, 0.3) is 0 Å². The van der Waals surface area contributed by atoms with Gasteiger partial charge in [-0.15, -0.1) is 0 Å². The third-order valence-electron chi connectivity index (χ3n) is 2.39. The van der Waals surface area contributed by atoms with Gasteiger partial charge in [0.05, 0.1) is 13.2 Å². The van der Waals surface area contributed by atoms with Gasteiger partial charge in [-0.05, 0) is 19.3 Å². The van der Waals surface area contributed by atoms with Crippen LogP contribution in [0.4, 0.5) is 4.79 Å². The standard InChI is InChI=1S/C12H24O5/c1-3-4-6-11(17-12(13)14)7-5-8-16-10-9-15-2/h11H,3-10H2,1-2H3,(H,13,14). The third-order valence-corrected chi connectivity index (χ3v) is 2.39. The van der Waals surface area contributed by atoms with Crippen LogP contribution in [0.15, 0.2) is 0 Å². The summed E-state index contributed by atoms with van der Waals surface area (Å²) in [7, 11) is 1.63. The van der Waals surface area contributed by atoms with Crippen LogP contribution in [-0.4, -0.2) is 44.3 Å². The molecule has 0 fully saturated rings. The Balaban J connectivity index is 3.56. The fraction of sp³-hybridized carbons (Fsp3) is 0.917. The fourth-order valence-corrected chi connectivity index (χ4v) is 1.49. The van der Waals surface area contributed by atoms with Gasteiger partial charge in [-0.2, -0.15) is 0 Å². The van der Waals surface area contributed by atoms with E-state index in [2.05, 4.69) is 6.92 Å². The minimum atomic E-state index is -1.19. The Labute approximate surface area is 103 Å². The van der Waals surface area contributed by atoms with Crippen LogP contribution in [0.2, 0.25) is 0 Å². The zero-order chi connectivity index (χ0) is 12.9. The molecule has 0 aromatic rings. The SMILES string of the molecule is CCCCC(CCCOCCOC)OC(=O)O. The lowest BCUT2D eigenvalue weighted by molar-refractivity contribution is 0.0323. The van der Waals surface area contributed by atoms with Crippen molar-refractivity contribution >= 4 is 6.16 Å². The minimum absolute atomic E-state index is 0.196. The molecule has 102 valence electrons. The highest BCUT2D eigenvalue weighted by Crippen LogP contribution is 2.11. The molecular formula is C12H24O5. The van der Waals surface area contributed by atoms with Gasteiger partial charge in [0.1, 0.15) is 6.10 Å². The molecule has 0 amide bonds. The van der Waals surface area contributed by atoms with Gasteiger partial charge >= 0.3 is 6.16 Å². The van der Waals surface area contributed by atoms with Crippen LogP contribution in [0.5, 0.6) is 0 Å². The van der Waals surface area contributed by atoms with E-state index in [4.69, 9.17) is 19.3 Å². The van der Waals surface area contributed by atoms with Crippen LogP contribution in [0, 0.1) is 0 Å². The second-order valence-corrected chi connectivity index (χ2v) is 3.90. The molecule has 5 heteroatoms. The molecule has 0 aliphatic heterocycles. The van der Waals surface area contributed by atoms with Crippen LogP contribution in [0.1, 0.15) is 39.0 Å². The largest absolute Gasteiger partial charge is 0.506 e. The van der Waals surface area contributed by atoms with Crippen molar-refractivity contribution < 1.29 is 24.1 Å². The van der Waals surface area contributed by atoms with E-state index >= 15 is 0 Å². The molecule has 0 aromatic carbocycles. The number of carbonyl (C=O) groups is 1. The third kappa shape index (κ3) is 11.5. The van der Waals surface area contributed by atoms with Gasteiger partial charge in [0.25, 0.3) is 0 Å². The maximum atomic E-state index is 10.5. The molecule has 0 spiro atoms. The van der Waals surface area contributed by atoms with Crippen molar-refractivity contribution in [3.05, 3.63) is 0 Å². The molecule has 1 atom stereocenters. The smallest absolute Gasteiger partial charge is 0.450 e. The summed E-state index contributed by atoms with van der Waals surface area (Å²) in [5, 5.41) is 8.59. The van der Waals surface area contributed by atoms with E-state index in [1.165, 1.54) is 0 Å². The molecule has 0 bridgehead atoms. The number of hydrogen-bond acceptors (Lipinski definition) is 4. The summed E-state index contributed by atoms with van der Waals surface area (Å²) >= 11 is 0. The number of hydrogen-bond donors (Lipinski definition) is 1. The van der Waals surface area contributed by atoms with Gasteiger partial charge in [-0.25, -0.2) is 4.79 Å². The van der Waals surface area contributed by atoms with Crippen LogP contribution >= 0.6 is 0 Å². The molecule has 0 aliphatic rings. The fourth-order valence-electron chi connectivity index (χ4n) is 1.49. The Morgan fingerprint density at radius 2 is 1.88 bits per heavy atom. The molecule has 17 heavy (non-hydrogen) atoms. The highest BCUT2D eigenvalue weighted by atomic mass is 16.7. The van der Waals surface area contributed by atoms with Crippen molar-refractivity contribution in [2.45, 2.75) is 45.1 Å². The van der Waals surface area contributed by atoms with Gasteiger partial charge in [-0.3, -0.25) is 0 Å². The second kappa shape index (κ2) is 11.7. The van der Waals surface area contributed by atoms with Gasteiger partial charge < -0.3 is 19.3 Å². The van der Waals surface area contributed by atoms with E-state index in [1.54, 1.807) is 7.11 Å². The van der Waals surface area contributed by atoms with Gasteiger partial charge in [-0.1, -0.05) is 19.8 Å². The Hall–Kier alpha value is -0.810. The Morgan fingerprint density at radius 1 is 1.18 bits per heavy atom. The van der Waals surface area contributed by atoms with Gasteiger partial charge in [0, 0.05) is 13.7 Å². The molecule has 0 rings (SSSR count). The number of carboxylic acid groups (broad SMARTS) is 1.